The summed E-state index contributed by atoms with van der Waals surface area (Å²) in [5.41, 5.74) is 0.295. The Morgan fingerprint density at radius 2 is 1.87 bits per heavy atom. The number of fused-ring (bicyclic) bond motifs is 1. The Hall–Kier alpha value is -2.64. The van der Waals surface area contributed by atoms with Gasteiger partial charge < -0.3 is 4.90 Å². The SMILES string of the molecule is CC1(c2ccccn2)CCN(c2ccn3c(CC4CC4)nnc3c2C(F)(F)F)CC1. The number of piperidine rings is 1. The Morgan fingerprint density at radius 1 is 1.10 bits per heavy atom. The van der Waals surface area contributed by atoms with E-state index in [1.54, 1.807) is 18.5 Å². The molecule has 0 spiro atoms. The minimum absolute atomic E-state index is 0.0892. The Balaban J connectivity index is 1.47. The van der Waals surface area contributed by atoms with Crippen LogP contribution in [0, 0.1) is 5.92 Å². The van der Waals surface area contributed by atoms with E-state index in [-0.39, 0.29) is 16.7 Å². The van der Waals surface area contributed by atoms with E-state index in [0.717, 1.165) is 31.4 Å². The molecular weight excluding hydrogens is 391 g/mol. The molecular formula is C22H24F3N5. The summed E-state index contributed by atoms with van der Waals surface area (Å²) in [4.78, 5) is 6.32. The monoisotopic (exact) mass is 415 g/mol. The molecule has 3 aromatic heterocycles. The zero-order valence-corrected chi connectivity index (χ0v) is 16.9. The summed E-state index contributed by atoms with van der Waals surface area (Å²) in [5.74, 6) is 1.14. The van der Waals surface area contributed by atoms with Crippen molar-refractivity contribution < 1.29 is 13.2 Å². The quantitative estimate of drug-likeness (QED) is 0.622. The van der Waals surface area contributed by atoms with Crippen LogP contribution in [0.3, 0.4) is 0 Å². The van der Waals surface area contributed by atoms with E-state index in [9.17, 15) is 13.2 Å². The molecule has 5 nitrogen and oxygen atoms in total. The molecule has 4 heterocycles. The topological polar surface area (TPSA) is 46.3 Å². The van der Waals surface area contributed by atoms with Crippen molar-refractivity contribution in [1.82, 2.24) is 19.6 Å². The lowest BCUT2D eigenvalue weighted by molar-refractivity contribution is -0.136. The van der Waals surface area contributed by atoms with Gasteiger partial charge in [0.25, 0.3) is 0 Å². The highest BCUT2D eigenvalue weighted by atomic mass is 19.4. The summed E-state index contributed by atoms with van der Waals surface area (Å²) in [5, 5.41) is 8.04. The average Bonchev–Trinajstić information content (AvgIpc) is 3.46. The average molecular weight is 415 g/mol. The van der Waals surface area contributed by atoms with Gasteiger partial charge in [-0.15, -0.1) is 10.2 Å². The number of pyridine rings is 2. The van der Waals surface area contributed by atoms with Crippen molar-refractivity contribution in [2.24, 2.45) is 5.92 Å². The van der Waals surface area contributed by atoms with Gasteiger partial charge in [-0.05, 0) is 49.8 Å². The minimum Gasteiger partial charge on any atom is -0.371 e. The summed E-state index contributed by atoms with van der Waals surface area (Å²) in [6.07, 6.45) is 3.37. The van der Waals surface area contributed by atoms with E-state index < -0.39 is 11.7 Å². The van der Waals surface area contributed by atoms with Gasteiger partial charge in [-0.1, -0.05) is 13.0 Å². The maximum atomic E-state index is 14.1. The van der Waals surface area contributed by atoms with E-state index in [2.05, 4.69) is 22.1 Å². The van der Waals surface area contributed by atoms with Gasteiger partial charge in [0.15, 0.2) is 5.65 Å². The van der Waals surface area contributed by atoms with Gasteiger partial charge in [-0.2, -0.15) is 13.2 Å². The maximum absolute atomic E-state index is 14.1. The number of hydrogen-bond acceptors (Lipinski definition) is 4. The van der Waals surface area contributed by atoms with Crippen molar-refractivity contribution in [1.29, 1.82) is 0 Å². The van der Waals surface area contributed by atoms with Gasteiger partial charge in [0.2, 0.25) is 0 Å². The molecule has 1 saturated carbocycles. The van der Waals surface area contributed by atoms with E-state index >= 15 is 0 Å². The summed E-state index contributed by atoms with van der Waals surface area (Å²) in [6.45, 7) is 3.22. The zero-order valence-electron chi connectivity index (χ0n) is 16.9. The van der Waals surface area contributed by atoms with Gasteiger partial charge in [-0.3, -0.25) is 9.38 Å². The fourth-order valence-electron chi connectivity index (χ4n) is 4.47. The minimum atomic E-state index is -4.50. The third kappa shape index (κ3) is 3.42. The number of hydrogen-bond donors (Lipinski definition) is 0. The molecule has 30 heavy (non-hydrogen) atoms. The molecule has 0 radical (unpaired) electrons. The first-order chi connectivity index (χ1) is 14.4. The van der Waals surface area contributed by atoms with Crippen molar-refractivity contribution in [3.63, 3.8) is 0 Å². The molecule has 1 saturated heterocycles. The molecule has 1 aliphatic carbocycles. The van der Waals surface area contributed by atoms with Crippen molar-refractivity contribution in [3.8, 4) is 0 Å². The molecule has 2 aliphatic rings. The summed E-state index contributed by atoms with van der Waals surface area (Å²) < 4.78 is 43.9. The molecule has 158 valence electrons. The van der Waals surface area contributed by atoms with Crippen LogP contribution in [-0.2, 0) is 18.0 Å². The summed E-state index contributed by atoms with van der Waals surface area (Å²) in [7, 11) is 0. The zero-order chi connectivity index (χ0) is 20.9. The molecule has 0 amide bonds. The van der Waals surface area contributed by atoms with Crippen LogP contribution in [0.25, 0.3) is 5.65 Å². The van der Waals surface area contributed by atoms with Crippen molar-refractivity contribution in [3.05, 3.63) is 53.7 Å². The van der Waals surface area contributed by atoms with Crippen molar-refractivity contribution in [2.45, 2.75) is 50.6 Å². The molecule has 5 rings (SSSR count). The Kier molecular flexibility index (Phi) is 4.48. The first-order valence-corrected chi connectivity index (χ1v) is 10.5. The standard InChI is InChI=1S/C22H24F3N5/c1-21(17-4-2-3-10-26-17)8-12-29(13-9-21)16-7-11-30-18(14-15-5-6-15)27-28-20(30)19(16)22(23,24)25/h2-4,7,10-11,15H,5-6,8-9,12-14H2,1H3. The van der Waals surface area contributed by atoms with Crippen LogP contribution in [-0.4, -0.2) is 32.7 Å². The molecule has 3 aromatic rings. The molecule has 1 aliphatic heterocycles. The molecule has 2 fully saturated rings. The van der Waals surface area contributed by atoms with Crippen LogP contribution in [0.2, 0.25) is 0 Å². The number of anilines is 1. The lowest BCUT2D eigenvalue weighted by Gasteiger charge is -2.40. The molecule has 0 bridgehead atoms. The largest absolute Gasteiger partial charge is 0.422 e. The van der Waals surface area contributed by atoms with E-state index in [1.807, 2.05) is 23.1 Å². The second-order valence-corrected chi connectivity index (χ2v) is 8.79. The predicted octanol–water partition coefficient (Wildman–Crippen LogP) is 4.65. The highest BCUT2D eigenvalue weighted by Gasteiger charge is 2.41. The Labute approximate surface area is 172 Å². The highest BCUT2D eigenvalue weighted by Crippen LogP contribution is 2.42. The smallest absolute Gasteiger partial charge is 0.371 e. The van der Waals surface area contributed by atoms with Crippen molar-refractivity contribution in [2.75, 3.05) is 18.0 Å². The first-order valence-electron chi connectivity index (χ1n) is 10.5. The van der Waals surface area contributed by atoms with Crippen LogP contribution in [0.5, 0.6) is 0 Å². The Morgan fingerprint density at radius 3 is 2.50 bits per heavy atom. The van der Waals surface area contributed by atoms with E-state index in [1.165, 1.54) is 4.40 Å². The Bertz CT molecular complexity index is 1050. The second-order valence-electron chi connectivity index (χ2n) is 8.79. The molecule has 0 unspecified atom stereocenters. The maximum Gasteiger partial charge on any atom is 0.422 e. The summed E-state index contributed by atoms with van der Waals surface area (Å²) >= 11 is 0. The van der Waals surface area contributed by atoms with Crippen LogP contribution in [0.15, 0.2) is 36.7 Å². The second kappa shape index (κ2) is 6.96. The van der Waals surface area contributed by atoms with Crippen LogP contribution in [0.1, 0.15) is 49.7 Å². The first kappa shape index (κ1) is 19.3. The van der Waals surface area contributed by atoms with E-state index in [0.29, 0.717) is 31.3 Å². The molecule has 0 aromatic carbocycles. The molecule has 8 heteroatoms. The normalized spacial score (nSPS) is 19.4. The lowest BCUT2D eigenvalue weighted by Crippen LogP contribution is -2.42. The number of rotatable bonds is 4. The fourth-order valence-corrected chi connectivity index (χ4v) is 4.47. The van der Waals surface area contributed by atoms with Crippen LogP contribution >= 0.6 is 0 Å². The lowest BCUT2D eigenvalue weighted by atomic mass is 9.77. The van der Waals surface area contributed by atoms with Gasteiger partial charge in [0.1, 0.15) is 11.4 Å². The van der Waals surface area contributed by atoms with Gasteiger partial charge in [0.05, 0.1) is 5.69 Å². The number of alkyl halides is 3. The van der Waals surface area contributed by atoms with E-state index in [4.69, 9.17) is 0 Å². The highest BCUT2D eigenvalue weighted by molar-refractivity contribution is 5.67. The number of aromatic nitrogens is 4. The van der Waals surface area contributed by atoms with Gasteiger partial charge in [-0.25, -0.2) is 0 Å². The van der Waals surface area contributed by atoms with Crippen molar-refractivity contribution >= 4 is 11.3 Å². The third-order valence-electron chi connectivity index (χ3n) is 6.57. The number of halogens is 3. The van der Waals surface area contributed by atoms with Gasteiger partial charge in [0, 0.05) is 43.0 Å². The van der Waals surface area contributed by atoms with Crippen LogP contribution < -0.4 is 4.90 Å². The number of nitrogens with zero attached hydrogens (tertiary/aromatic N) is 5. The van der Waals surface area contributed by atoms with Gasteiger partial charge >= 0.3 is 6.18 Å². The molecule has 0 N–H and O–H groups in total. The third-order valence-corrected chi connectivity index (χ3v) is 6.57. The molecule has 0 atom stereocenters. The summed E-state index contributed by atoms with van der Waals surface area (Å²) in [6, 6.07) is 7.42. The predicted molar refractivity (Wildman–Crippen MR) is 107 cm³/mol. The fraction of sp³-hybridized carbons (Fsp3) is 0.500. The van der Waals surface area contributed by atoms with Crippen LogP contribution in [0.4, 0.5) is 18.9 Å².